The van der Waals surface area contributed by atoms with Gasteiger partial charge in [0.05, 0.1) is 6.04 Å². The molecule has 1 aromatic carbocycles. The molecule has 1 fully saturated rings. The Labute approximate surface area is 139 Å². The molecule has 0 spiro atoms. The molecule has 2 unspecified atom stereocenters. The van der Waals surface area contributed by atoms with E-state index in [1.807, 2.05) is 0 Å². The number of carbonyl (C=O) groups is 1. The fourth-order valence-electron chi connectivity index (χ4n) is 3.91. The summed E-state index contributed by atoms with van der Waals surface area (Å²) in [6, 6.07) is 8.70. The highest BCUT2D eigenvalue weighted by molar-refractivity contribution is 5.76. The van der Waals surface area contributed by atoms with Gasteiger partial charge in [0.2, 0.25) is 5.91 Å². The van der Waals surface area contributed by atoms with Crippen LogP contribution in [0.2, 0.25) is 0 Å². The van der Waals surface area contributed by atoms with E-state index in [9.17, 15) is 4.79 Å². The number of nitrogens with zero attached hydrogens (tertiary/aromatic N) is 1. The maximum absolute atomic E-state index is 12.3. The highest BCUT2D eigenvalue weighted by Gasteiger charge is 2.32. The van der Waals surface area contributed by atoms with Crippen molar-refractivity contribution in [2.75, 3.05) is 26.2 Å². The van der Waals surface area contributed by atoms with Crippen LogP contribution >= 0.6 is 0 Å². The summed E-state index contributed by atoms with van der Waals surface area (Å²) >= 11 is 0. The van der Waals surface area contributed by atoms with Crippen molar-refractivity contribution in [1.29, 1.82) is 0 Å². The summed E-state index contributed by atoms with van der Waals surface area (Å²) in [4.78, 5) is 14.7. The minimum atomic E-state index is 0.174. The Kier molecular flexibility index (Phi) is 5.02. The number of hydrogen-bond donors (Lipinski definition) is 2. The Bertz CT molecular complexity index is 559. The Morgan fingerprint density at radius 2 is 2.26 bits per heavy atom. The van der Waals surface area contributed by atoms with Gasteiger partial charge in [-0.25, -0.2) is 0 Å². The molecule has 1 amide bonds. The highest BCUT2D eigenvalue weighted by atomic mass is 16.1. The van der Waals surface area contributed by atoms with Crippen molar-refractivity contribution in [1.82, 2.24) is 10.2 Å². The largest absolute Gasteiger partial charge is 0.349 e. The van der Waals surface area contributed by atoms with Crippen LogP contribution in [0.4, 0.5) is 0 Å². The fraction of sp³-hybridized carbons (Fsp3) is 0.632. The molecule has 0 bridgehead atoms. The average molecular weight is 315 g/mol. The quantitative estimate of drug-likeness (QED) is 0.876. The van der Waals surface area contributed by atoms with E-state index in [0.29, 0.717) is 6.42 Å². The molecular weight excluding hydrogens is 286 g/mol. The smallest absolute Gasteiger partial charge is 0.221 e. The predicted molar refractivity (Wildman–Crippen MR) is 93.1 cm³/mol. The van der Waals surface area contributed by atoms with Gasteiger partial charge in [-0.15, -0.1) is 0 Å². The van der Waals surface area contributed by atoms with Crippen molar-refractivity contribution >= 4 is 5.91 Å². The van der Waals surface area contributed by atoms with Crippen LogP contribution < -0.4 is 11.1 Å². The molecule has 1 heterocycles. The summed E-state index contributed by atoms with van der Waals surface area (Å²) < 4.78 is 0. The zero-order chi connectivity index (χ0) is 16.3. The molecule has 3 rings (SSSR count). The predicted octanol–water partition coefficient (Wildman–Crippen LogP) is 2.24. The molecule has 1 aliphatic carbocycles. The lowest BCUT2D eigenvalue weighted by atomic mass is 9.87. The van der Waals surface area contributed by atoms with E-state index >= 15 is 0 Å². The number of benzene rings is 1. The van der Waals surface area contributed by atoms with Gasteiger partial charge in [-0.3, -0.25) is 4.79 Å². The van der Waals surface area contributed by atoms with Gasteiger partial charge in [0.1, 0.15) is 0 Å². The summed E-state index contributed by atoms with van der Waals surface area (Å²) in [6.45, 7) is 5.90. The minimum Gasteiger partial charge on any atom is -0.349 e. The summed E-state index contributed by atoms with van der Waals surface area (Å²) in [7, 11) is 0. The van der Waals surface area contributed by atoms with Crippen molar-refractivity contribution < 1.29 is 4.79 Å². The number of likely N-dealkylation sites (tertiary alicyclic amines) is 1. The first kappa shape index (κ1) is 16.5. The van der Waals surface area contributed by atoms with Gasteiger partial charge in [0.15, 0.2) is 0 Å². The zero-order valence-corrected chi connectivity index (χ0v) is 14.2. The number of aryl methyl sites for hydroxylation is 1. The van der Waals surface area contributed by atoms with Crippen LogP contribution in [0.15, 0.2) is 24.3 Å². The fourth-order valence-corrected chi connectivity index (χ4v) is 3.91. The van der Waals surface area contributed by atoms with Gasteiger partial charge in [0.25, 0.3) is 0 Å². The summed E-state index contributed by atoms with van der Waals surface area (Å²) in [6.07, 6.45) is 5.06. The summed E-state index contributed by atoms with van der Waals surface area (Å²) in [5, 5.41) is 3.24. The van der Waals surface area contributed by atoms with Gasteiger partial charge in [-0.2, -0.15) is 0 Å². The molecular formula is C19H29N3O. The third kappa shape index (κ3) is 3.93. The van der Waals surface area contributed by atoms with E-state index in [4.69, 9.17) is 5.73 Å². The topological polar surface area (TPSA) is 58.4 Å². The maximum Gasteiger partial charge on any atom is 0.221 e. The molecule has 1 aromatic rings. The van der Waals surface area contributed by atoms with E-state index < -0.39 is 0 Å². The van der Waals surface area contributed by atoms with Crippen molar-refractivity contribution in [3.63, 3.8) is 0 Å². The van der Waals surface area contributed by atoms with Crippen LogP contribution in [-0.4, -0.2) is 37.0 Å². The highest BCUT2D eigenvalue weighted by Crippen LogP contribution is 2.30. The van der Waals surface area contributed by atoms with Crippen molar-refractivity contribution in [2.24, 2.45) is 11.1 Å². The number of fused-ring (bicyclic) bond motifs is 1. The first-order valence-corrected chi connectivity index (χ1v) is 8.89. The average Bonchev–Trinajstić information content (AvgIpc) is 2.96. The SMILES string of the molecule is CC1(CN)CCN(CCC(=O)NC2CCCc3ccccc32)C1. The molecule has 4 nitrogen and oxygen atoms in total. The van der Waals surface area contributed by atoms with Gasteiger partial charge in [0, 0.05) is 19.5 Å². The van der Waals surface area contributed by atoms with Crippen molar-refractivity contribution in [2.45, 2.75) is 45.1 Å². The molecule has 2 aliphatic rings. The van der Waals surface area contributed by atoms with Gasteiger partial charge in [-0.05, 0) is 55.3 Å². The monoisotopic (exact) mass is 315 g/mol. The Morgan fingerprint density at radius 1 is 1.43 bits per heavy atom. The number of nitrogens with one attached hydrogen (secondary N) is 1. The molecule has 0 radical (unpaired) electrons. The Balaban J connectivity index is 1.49. The number of carbonyl (C=O) groups excluding carboxylic acids is 1. The number of hydrogen-bond acceptors (Lipinski definition) is 3. The van der Waals surface area contributed by atoms with Gasteiger partial charge in [-0.1, -0.05) is 31.2 Å². The Hall–Kier alpha value is -1.39. The zero-order valence-electron chi connectivity index (χ0n) is 14.2. The summed E-state index contributed by atoms with van der Waals surface area (Å²) in [5.74, 6) is 0.174. The number of rotatable bonds is 5. The van der Waals surface area contributed by atoms with Crippen LogP contribution in [0.3, 0.4) is 0 Å². The first-order valence-electron chi connectivity index (χ1n) is 8.89. The van der Waals surface area contributed by atoms with Crippen LogP contribution in [0, 0.1) is 5.41 Å². The van der Waals surface area contributed by atoms with E-state index in [2.05, 4.69) is 41.4 Å². The third-order valence-corrected chi connectivity index (χ3v) is 5.49. The molecule has 0 aromatic heterocycles. The van der Waals surface area contributed by atoms with E-state index in [1.54, 1.807) is 0 Å². The second-order valence-electron chi connectivity index (χ2n) is 7.50. The van der Waals surface area contributed by atoms with E-state index in [-0.39, 0.29) is 17.4 Å². The van der Waals surface area contributed by atoms with Gasteiger partial charge >= 0.3 is 0 Å². The normalized spacial score (nSPS) is 27.7. The van der Waals surface area contributed by atoms with Crippen LogP contribution in [0.25, 0.3) is 0 Å². The summed E-state index contributed by atoms with van der Waals surface area (Å²) in [5.41, 5.74) is 8.78. The number of nitrogens with two attached hydrogens (primary N) is 1. The standard InChI is InChI=1S/C19H29N3O/c1-19(13-20)10-12-22(14-19)11-9-18(23)21-17-8-4-6-15-5-2-3-7-16(15)17/h2-3,5,7,17H,4,6,8-14,20H2,1H3,(H,21,23). The van der Waals surface area contributed by atoms with Crippen molar-refractivity contribution in [3.05, 3.63) is 35.4 Å². The molecule has 1 aliphatic heterocycles. The van der Waals surface area contributed by atoms with E-state index in [1.165, 1.54) is 11.1 Å². The lowest BCUT2D eigenvalue weighted by Gasteiger charge is -2.27. The van der Waals surface area contributed by atoms with Crippen LogP contribution in [-0.2, 0) is 11.2 Å². The molecule has 3 N–H and O–H groups in total. The Morgan fingerprint density at radius 3 is 3.04 bits per heavy atom. The van der Waals surface area contributed by atoms with Crippen molar-refractivity contribution in [3.8, 4) is 0 Å². The molecule has 1 saturated heterocycles. The molecule has 126 valence electrons. The second-order valence-corrected chi connectivity index (χ2v) is 7.50. The lowest BCUT2D eigenvalue weighted by Crippen LogP contribution is -2.35. The molecule has 2 atom stereocenters. The lowest BCUT2D eigenvalue weighted by molar-refractivity contribution is -0.122. The van der Waals surface area contributed by atoms with Gasteiger partial charge < -0.3 is 16.0 Å². The molecule has 23 heavy (non-hydrogen) atoms. The third-order valence-electron chi connectivity index (χ3n) is 5.49. The maximum atomic E-state index is 12.3. The van der Waals surface area contributed by atoms with Crippen LogP contribution in [0.5, 0.6) is 0 Å². The molecule has 4 heteroatoms. The van der Waals surface area contributed by atoms with Crippen LogP contribution in [0.1, 0.15) is 49.8 Å². The number of amides is 1. The molecule has 0 saturated carbocycles. The minimum absolute atomic E-state index is 0.174. The van der Waals surface area contributed by atoms with E-state index in [0.717, 1.165) is 51.9 Å². The second kappa shape index (κ2) is 7.02. The first-order chi connectivity index (χ1) is 11.1.